The lowest BCUT2D eigenvalue weighted by Crippen LogP contribution is -2.48. The number of morpholine rings is 2. The minimum atomic E-state index is -3.22. The molecule has 1 aromatic carbocycles. The number of rotatable bonds is 7. The molecular formula is C25H30N6O4S. The van der Waals surface area contributed by atoms with Crippen LogP contribution >= 0.6 is 0 Å². The first-order valence-electron chi connectivity index (χ1n) is 12.5. The summed E-state index contributed by atoms with van der Waals surface area (Å²) in [5, 5.41) is 3.15. The van der Waals surface area contributed by atoms with E-state index in [9.17, 15) is 8.42 Å². The fraction of sp³-hybridized carbons (Fsp3) is 0.480. The first-order chi connectivity index (χ1) is 17.6. The molecule has 10 nitrogen and oxygen atoms in total. The summed E-state index contributed by atoms with van der Waals surface area (Å²) in [6, 6.07) is 10.3. The Morgan fingerprint density at radius 2 is 1.78 bits per heavy atom. The summed E-state index contributed by atoms with van der Waals surface area (Å²) < 4.78 is 38.3. The van der Waals surface area contributed by atoms with E-state index in [-0.39, 0.29) is 11.4 Å². The van der Waals surface area contributed by atoms with Gasteiger partial charge in [0.15, 0.2) is 5.82 Å². The van der Waals surface area contributed by atoms with Crippen LogP contribution in [-0.2, 0) is 19.5 Å². The van der Waals surface area contributed by atoms with E-state index in [2.05, 4.69) is 44.5 Å². The molecule has 0 bridgehead atoms. The van der Waals surface area contributed by atoms with Gasteiger partial charge in [0.25, 0.3) is 0 Å². The summed E-state index contributed by atoms with van der Waals surface area (Å²) in [5.74, 6) is 0.610. The van der Waals surface area contributed by atoms with E-state index < -0.39 is 10.0 Å². The van der Waals surface area contributed by atoms with Gasteiger partial charge in [-0.15, -0.1) is 0 Å². The van der Waals surface area contributed by atoms with Crippen molar-refractivity contribution in [1.29, 1.82) is 0 Å². The van der Waals surface area contributed by atoms with Gasteiger partial charge >= 0.3 is 0 Å². The van der Waals surface area contributed by atoms with Crippen molar-refractivity contribution in [1.82, 2.24) is 19.3 Å². The molecule has 0 spiro atoms. The van der Waals surface area contributed by atoms with Crippen molar-refractivity contribution in [3.63, 3.8) is 0 Å². The Kier molecular flexibility index (Phi) is 6.46. The second-order valence-corrected chi connectivity index (χ2v) is 11.6. The van der Waals surface area contributed by atoms with Crippen molar-refractivity contribution in [2.24, 2.45) is 0 Å². The molecule has 190 valence electrons. The predicted octanol–water partition coefficient (Wildman–Crippen LogP) is 2.13. The third-order valence-corrected chi connectivity index (χ3v) is 9.27. The molecule has 3 aliphatic rings. The van der Waals surface area contributed by atoms with E-state index in [0.717, 1.165) is 55.9 Å². The van der Waals surface area contributed by atoms with Crippen LogP contribution < -0.4 is 10.2 Å². The molecule has 2 aromatic heterocycles. The molecule has 3 aromatic rings. The quantitative estimate of drug-likeness (QED) is 0.511. The van der Waals surface area contributed by atoms with Gasteiger partial charge in [-0.1, -0.05) is 12.1 Å². The Labute approximate surface area is 210 Å². The van der Waals surface area contributed by atoms with Gasteiger partial charge in [0.05, 0.1) is 42.4 Å². The van der Waals surface area contributed by atoms with Gasteiger partial charge in [0.2, 0.25) is 10.0 Å². The molecule has 11 heteroatoms. The van der Waals surface area contributed by atoms with E-state index in [1.807, 2.05) is 6.07 Å². The van der Waals surface area contributed by atoms with Crippen LogP contribution in [0.1, 0.15) is 12.8 Å². The van der Waals surface area contributed by atoms with Crippen LogP contribution in [0.25, 0.3) is 22.3 Å². The van der Waals surface area contributed by atoms with Crippen LogP contribution in [-0.4, -0.2) is 91.6 Å². The Hall–Kier alpha value is -2.86. The van der Waals surface area contributed by atoms with E-state index in [0.29, 0.717) is 37.6 Å². The van der Waals surface area contributed by atoms with Gasteiger partial charge in [0, 0.05) is 56.4 Å². The highest BCUT2D eigenvalue weighted by molar-refractivity contribution is 7.90. The number of anilines is 2. The highest BCUT2D eigenvalue weighted by Gasteiger charge is 2.41. The normalized spacial score (nSPS) is 21.6. The van der Waals surface area contributed by atoms with Crippen molar-refractivity contribution in [2.75, 3.05) is 62.8 Å². The molecule has 6 rings (SSSR count). The molecule has 3 fully saturated rings. The lowest BCUT2D eigenvalue weighted by atomic mass is 10.1. The summed E-state index contributed by atoms with van der Waals surface area (Å²) in [4.78, 5) is 16.2. The lowest BCUT2D eigenvalue weighted by molar-refractivity contribution is 0.00675. The van der Waals surface area contributed by atoms with E-state index in [1.165, 1.54) is 5.69 Å². The van der Waals surface area contributed by atoms with E-state index in [4.69, 9.17) is 14.5 Å². The maximum absolute atomic E-state index is 12.7. The molecule has 1 aliphatic carbocycles. The Bertz CT molecular complexity index is 1330. The first-order valence-corrected chi connectivity index (χ1v) is 14.0. The number of pyridine rings is 1. The van der Waals surface area contributed by atoms with Crippen LogP contribution in [0, 0.1) is 0 Å². The zero-order chi connectivity index (χ0) is 24.5. The SMILES string of the molecule is O=S(=O)(C1CC1)N1CCO[C@H](CNc2nc(-c3ccc(N4CCOCC4)cc3)cc3nccnc23)C1. The van der Waals surface area contributed by atoms with Crippen molar-refractivity contribution in [3.05, 3.63) is 42.7 Å². The van der Waals surface area contributed by atoms with Crippen LogP contribution in [0.2, 0.25) is 0 Å². The highest BCUT2D eigenvalue weighted by atomic mass is 32.2. The Morgan fingerprint density at radius 3 is 2.56 bits per heavy atom. The molecule has 0 unspecified atom stereocenters. The molecule has 36 heavy (non-hydrogen) atoms. The highest BCUT2D eigenvalue weighted by Crippen LogP contribution is 2.32. The number of hydrogen-bond donors (Lipinski definition) is 1. The van der Waals surface area contributed by atoms with Crippen LogP contribution in [0.3, 0.4) is 0 Å². The van der Waals surface area contributed by atoms with Crippen LogP contribution in [0.4, 0.5) is 11.5 Å². The molecule has 1 N–H and O–H groups in total. The van der Waals surface area contributed by atoms with Crippen molar-refractivity contribution in [2.45, 2.75) is 24.2 Å². The second kappa shape index (κ2) is 9.89. The van der Waals surface area contributed by atoms with Crippen molar-refractivity contribution in [3.8, 4) is 11.3 Å². The average molecular weight is 511 g/mol. The molecule has 2 aliphatic heterocycles. The topological polar surface area (TPSA) is 110 Å². The smallest absolute Gasteiger partial charge is 0.217 e. The Morgan fingerprint density at radius 1 is 1.00 bits per heavy atom. The van der Waals surface area contributed by atoms with Gasteiger partial charge < -0.3 is 19.7 Å². The summed E-state index contributed by atoms with van der Waals surface area (Å²) in [6.45, 7) is 4.85. The predicted molar refractivity (Wildman–Crippen MR) is 138 cm³/mol. The fourth-order valence-corrected chi connectivity index (χ4v) is 6.60. The number of aromatic nitrogens is 3. The van der Waals surface area contributed by atoms with Gasteiger partial charge in [-0.3, -0.25) is 4.98 Å². The zero-order valence-electron chi connectivity index (χ0n) is 20.0. The standard InChI is InChI=1S/C25H30N6O4S/c32-36(33,21-5-6-21)31-11-14-35-20(17-31)16-28-25-24-23(26-7-8-27-24)15-22(29-25)18-1-3-19(4-2-18)30-9-12-34-13-10-30/h1-4,7-8,15,20-21H,5-6,9-14,16-17H2,(H,28,29)/t20-/m1/s1. The second-order valence-electron chi connectivity index (χ2n) is 9.40. The summed E-state index contributed by atoms with van der Waals surface area (Å²) in [6.07, 6.45) is 4.57. The van der Waals surface area contributed by atoms with Gasteiger partial charge in [-0.05, 0) is 31.0 Å². The molecule has 4 heterocycles. The maximum atomic E-state index is 12.7. The van der Waals surface area contributed by atoms with E-state index in [1.54, 1.807) is 16.7 Å². The molecule has 1 atom stereocenters. The van der Waals surface area contributed by atoms with Gasteiger partial charge in [0.1, 0.15) is 5.52 Å². The molecular weight excluding hydrogens is 480 g/mol. The molecule has 2 saturated heterocycles. The monoisotopic (exact) mass is 510 g/mol. The summed E-state index contributed by atoms with van der Waals surface area (Å²) >= 11 is 0. The van der Waals surface area contributed by atoms with Gasteiger partial charge in [-0.2, -0.15) is 4.31 Å². The maximum Gasteiger partial charge on any atom is 0.217 e. The number of nitrogens with one attached hydrogen (secondary N) is 1. The number of nitrogens with zero attached hydrogens (tertiary/aromatic N) is 5. The van der Waals surface area contributed by atoms with Crippen LogP contribution in [0.5, 0.6) is 0 Å². The number of benzene rings is 1. The van der Waals surface area contributed by atoms with E-state index >= 15 is 0 Å². The summed E-state index contributed by atoms with van der Waals surface area (Å²) in [5.41, 5.74) is 4.36. The molecule has 1 saturated carbocycles. The van der Waals surface area contributed by atoms with Crippen molar-refractivity contribution >= 4 is 32.6 Å². The number of sulfonamides is 1. The Balaban J connectivity index is 1.21. The first kappa shape index (κ1) is 23.5. The summed E-state index contributed by atoms with van der Waals surface area (Å²) in [7, 11) is -3.22. The number of ether oxygens (including phenoxy) is 2. The number of fused-ring (bicyclic) bond motifs is 1. The average Bonchev–Trinajstić information content (AvgIpc) is 3.79. The van der Waals surface area contributed by atoms with Gasteiger partial charge in [-0.25, -0.2) is 18.4 Å². The fourth-order valence-electron chi connectivity index (χ4n) is 4.74. The third kappa shape index (κ3) is 4.88. The lowest BCUT2D eigenvalue weighted by Gasteiger charge is -2.32. The zero-order valence-corrected chi connectivity index (χ0v) is 20.9. The largest absolute Gasteiger partial charge is 0.378 e. The molecule has 0 radical (unpaired) electrons. The van der Waals surface area contributed by atoms with Crippen molar-refractivity contribution < 1.29 is 17.9 Å². The minimum Gasteiger partial charge on any atom is -0.378 e. The molecule has 0 amide bonds. The third-order valence-electron chi connectivity index (χ3n) is 6.90. The number of hydrogen-bond acceptors (Lipinski definition) is 9. The minimum absolute atomic E-state index is 0.212. The van der Waals surface area contributed by atoms with Crippen LogP contribution in [0.15, 0.2) is 42.7 Å².